The molecule has 2 bridgehead atoms. The monoisotopic (exact) mass is 397 g/mol. The molecular formula is C28H31NO. The van der Waals surface area contributed by atoms with Gasteiger partial charge in [0.05, 0.1) is 0 Å². The van der Waals surface area contributed by atoms with Crippen LogP contribution in [0.3, 0.4) is 0 Å². The highest BCUT2D eigenvalue weighted by atomic mass is 16.1. The summed E-state index contributed by atoms with van der Waals surface area (Å²) in [4.78, 5) is 10.6. The second kappa shape index (κ2) is 10.6. The number of nitrogen functional groups attached to an aromatic ring is 1. The van der Waals surface area contributed by atoms with Crippen LogP contribution in [0.25, 0.3) is 11.1 Å². The molecule has 2 unspecified atom stereocenters. The third-order valence-electron chi connectivity index (χ3n) is 5.83. The molecule has 2 nitrogen and oxygen atoms in total. The maximum Gasteiger partial charge on any atom is 0.150 e. The minimum Gasteiger partial charge on any atom is -0.399 e. The smallest absolute Gasteiger partial charge is 0.150 e. The third-order valence-corrected chi connectivity index (χ3v) is 5.83. The first kappa shape index (κ1) is 21.6. The van der Waals surface area contributed by atoms with Gasteiger partial charge < -0.3 is 5.73 Å². The molecule has 2 heteroatoms. The van der Waals surface area contributed by atoms with E-state index in [4.69, 9.17) is 5.73 Å². The van der Waals surface area contributed by atoms with Crippen LogP contribution in [0.1, 0.15) is 40.7 Å². The molecule has 2 aliphatic rings. The molecule has 0 saturated heterocycles. The number of hydrogen-bond donors (Lipinski definition) is 1. The van der Waals surface area contributed by atoms with Crippen LogP contribution < -0.4 is 5.73 Å². The highest BCUT2D eigenvalue weighted by Crippen LogP contribution is 2.38. The van der Waals surface area contributed by atoms with E-state index in [1.165, 1.54) is 30.4 Å². The number of nitrogens with two attached hydrogens (primary N) is 1. The summed E-state index contributed by atoms with van der Waals surface area (Å²) in [6, 6.07) is 23.5. The molecule has 154 valence electrons. The van der Waals surface area contributed by atoms with E-state index in [2.05, 4.69) is 26.0 Å². The van der Waals surface area contributed by atoms with Crippen molar-refractivity contribution in [3.8, 4) is 11.1 Å². The molecule has 0 aromatic heterocycles. The van der Waals surface area contributed by atoms with Crippen LogP contribution in [0.4, 0.5) is 5.69 Å². The van der Waals surface area contributed by atoms with Gasteiger partial charge in [-0.15, -0.1) is 0 Å². The summed E-state index contributed by atoms with van der Waals surface area (Å²) in [5.41, 5.74) is 11.9. The van der Waals surface area contributed by atoms with Crippen LogP contribution in [0.15, 0.2) is 84.9 Å². The van der Waals surface area contributed by atoms with E-state index in [-0.39, 0.29) is 0 Å². The highest BCUT2D eigenvalue weighted by Gasteiger charge is 2.25. The zero-order chi connectivity index (χ0) is 21.3. The zero-order valence-corrected chi connectivity index (χ0v) is 17.9. The van der Waals surface area contributed by atoms with Gasteiger partial charge in [-0.2, -0.15) is 0 Å². The number of carbonyl (C=O) groups is 1. The fourth-order valence-electron chi connectivity index (χ4n) is 3.90. The Morgan fingerprint density at radius 2 is 1.43 bits per heavy atom. The summed E-state index contributed by atoms with van der Waals surface area (Å²) >= 11 is 0. The number of benzene rings is 3. The van der Waals surface area contributed by atoms with Gasteiger partial charge in [0.15, 0.2) is 0 Å². The SMILES string of the molecule is C1=CC2CCC1C2.Cc1ccc(N)cc1C.O=Cc1cccc(-c2ccccc2)c1. The third kappa shape index (κ3) is 6.18. The number of anilines is 1. The van der Waals surface area contributed by atoms with Crippen molar-refractivity contribution in [3.05, 3.63) is 102 Å². The molecule has 2 atom stereocenters. The molecular weight excluding hydrogens is 366 g/mol. The predicted molar refractivity (Wildman–Crippen MR) is 128 cm³/mol. The van der Waals surface area contributed by atoms with Gasteiger partial charge in [-0.1, -0.05) is 66.7 Å². The molecule has 2 aliphatic carbocycles. The van der Waals surface area contributed by atoms with E-state index in [1.807, 2.05) is 66.7 Å². The normalized spacial score (nSPS) is 18.1. The molecule has 2 N–H and O–H groups in total. The van der Waals surface area contributed by atoms with Crippen LogP contribution in [0.2, 0.25) is 0 Å². The number of aryl methyl sites for hydroxylation is 2. The lowest BCUT2D eigenvalue weighted by Crippen LogP contribution is -1.86. The van der Waals surface area contributed by atoms with Crippen LogP contribution in [0, 0.1) is 25.7 Å². The summed E-state index contributed by atoms with van der Waals surface area (Å²) in [5, 5.41) is 0. The van der Waals surface area contributed by atoms with Crippen molar-refractivity contribution in [2.45, 2.75) is 33.1 Å². The van der Waals surface area contributed by atoms with Gasteiger partial charge in [0.25, 0.3) is 0 Å². The van der Waals surface area contributed by atoms with E-state index in [0.29, 0.717) is 5.56 Å². The highest BCUT2D eigenvalue weighted by molar-refractivity contribution is 5.78. The van der Waals surface area contributed by atoms with E-state index in [1.54, 1.807) is 6.07 Å². The Hall–Kier alpha value is -3.13. The summed E-state index contributed by atoms with van der Waals surface area (Å²) in [6.45, 7) is 4.14. The topological polar surface area (TPSA) is 43.1 Å². The Kier molecular flexibility index (Phi) is 7.62. The molecule has 3 aromatic rings. The number of carbonyl (C=O) groups excluding carboxylic acids is 1. The van der Waals surface area contributed by atoms with Gasteiger partial charge in [0.2, 0.25) is 0 Å². The molecule has 0 radical (unpaired) electrons. The first-order valence-corrected chi connectivity index (χ1v) is 10.7. The molecule has 1 saturated carbocycles. The lowest BCUT2D eigenvalue weighted by Gasteiger charge is -2.00. The maximum absolute atomic E-state index is 10.6. The van der Waals surface area contributed by atoms with Crippen molar-refractivity contribution in [3.63, 3.8) is 0 Å². The molecule has 30 heavy (non-hydrogen) atoms. The fourth-order valence-corrected chi connectivity index (χ4v) is 3.90. The number of rotatable bonds is 2. The quantitative estimate of drug-likeness (QED) is 0.287. The number of hydrogen-bond acceptors (Lipinski definition) is 2. The minimum atomic E-state index is 0.714. The lowest BCUT2D eigenvalue weighted by atomic mass is 10.0. The first-order chi connectivity index (χ1) is 14.5. The van der Waals surface area contributed by atoms with Gasteiger partial charge in [0, 0.05) is 11.3 Å². The Bertz CT molecular complexity index is 979. The van der Waals surface area contributed by atoms with E-state index >= 15 is 0 Å². The van der Waals surface area contributed by atoms with Crippen LogP contribution in [0.5, 0.6) is 0 Å². The van der Waals surface area contributed by atoms with Crippen molar-refractivity contribution in [2.75, 3.05) is 5.73 Å². The molecule has 0 spiro atoms. The number of allylic oxidation sites excluding steroid dienone is 2. The lowest BCUT2D eigenvalue weighted by molar-refractivity contribution is 0.112. The Morgan fingerprint density at radius 1 is 0.767 bits per heavy atom. The molecule has 0 heterocycles. The summed E-state index contributed by atoms with van der Waals surface area (Å²) in [6.07, 6.45) is 10.1. The maximum atomic E-state index is 10.6. The second-order valence-electron chi connectivity index (χ2n) is 8.17. The molecule has 3 aromatic carbocycles. The van der Waals surface area contributed by atoms with E-state index in [9.17, 15) is 4.79 Å². The average molecular weight is 398 g/mol. The van der Waals surface area contributed by atoms with Crippen LogP contribution in [-0.4, -0.2) is 6.29 Å². The minimum absolute atomic E-state index is 0.714. The van der Waals surface area contributed by atoms with Crippen molar-refractivity contribution >= 4 is 12.0 Å². The van der Waals surface area contributed by atoms with Crippen LogP contribution in [-0.2, 0) is 0 Å². The van der Waals surface area contributed by atoms with Crippen molar-refractivity contribution < 1.29 is 4.79 Å². The van der Waals surface area contributed by atoms with Crippen molar-refractivity contribution in [1.29, 1.82) is 0 Å². The molecule has 1 fully saturated rings. The Morgan fingerprint density at radius 3 is 1.93 bits per heavy atom. The standard InChI is InChI=1S/C13H10O.C8H11N.C7H10/c14-10-11-5-4-8-13(9-11)12-6-2-1-3-7-12;1-6-3-4-8(9)5-7(6)2;1-2-7-4-3-6(1)5-7/h1-10H;3-5H,9H2,1-2H3;1-2,6-7H,3-5H2. The predicted octanol–water partition coefficient (Wildman–Crippen LogP) is 7.02. The van der Waals surface area contributed by atoms with Gasteiger partial charge in [0.1, 0.15) is 6.29 Å². The Balaban J connectivity index is 0.000000137. The summed E-state index contributed by atoms with van der Waals surface area (Å²) in [7, 11) is 0. The molecule has 0 amide bonds. The van der Waals surface area contributed by atoms with Crippen LogP contribution >= 0.6 is 0 Å². The Labute approximate surface area is 180 Å². The van der Waals surface area contributed by atoms with E-state index < -0.39 is 0 Å². The number of fused-ring (bicyclic) bond motifs is 2. The van der Waals surface area contributed by atoms with E-state index in [0.717, 1.165) is 34.9 Å². The van der Waals surface area contributed by atoms with Gasteiger partial charge in [-0.3, -0.25) is 4.79 Å². The molecule has 0 aliphatic heterocycles. The summed E-state index contributed by atoms with van der Waals surface area (Å²) in [5.74, 6) is 1.98. The second-order valence-corrected chi connectivity index (χ2v) is 8.17. The van der Waals surface area contributed by atoms with Gasteiger partial charge in [-0.25, -0.2) is 0 Å². The first-order valence-electron chi connectivity index (χ1n) is 10.7. The van der Waals surface area contributed by atoms with Gasteiger partial charge in [-0.05, 0) is 85.4 Å². The zero-order valence-electron chi connectivity index (χ0n) is 17.9. The molecule has 5 rings (SSSR count). The van der Waals surface area contributed by atoms with Crippen molar-refractivity contribution in [2.24, 2.45) is 11.8 Å². The van der Waals surface area contributed by atoms with Gasteiger partial charge >= 0.3 is 0 Å². The number of aldehydes is 1. The summed E-state index contributed by atoms with van der Waals surface area (Å²) < 4.78 is 0. The average Bonchev–Trinajstić information content (AvgIpc) is 3.44. The largest absolute Gasteiger partial charge is 0.399 e. The fraction of sp³-hybridized carbons (Fsp3) is 0.250. The van der Waals surface area contributed by atoms with Crippen molar-refractivity contribution in [1.82, 2.24) is 0 Å².